The number of ether oxygens (including phenoxy) is 3. The maximum Gasteiger partial charge on any atom is 0.246 e. The van der Waals surface area contributed by atoms with Crippen LogP contribution in [0.25, 0.3) is 6.08 Å². The minimum absolute atomic E-state index is 0. The van der Waals surface area contributed by atoms with Gasteiger partial charge in [0.15, 0.2) is 0 Å². The molecule has 0 spiro atoms. The maximum absolute atomic E-state index is 13.0. The number of amides is 1. The van der Waals surface area contributed by atoms with Crippen molar-refractivity contribution in [3.05, 3.63) is 154 Å². The van der Waals surface area contributed by atoms with E-state index in [1.54, 1.807) is 18.3 Å². The van der Waals surface area contributed by atoms with Crippen LogP contribution < -0.4 is 14.2 Å². The number of carbonyl (C=O) groups excluding carboxylic acids is 1. The van der Waals surface area contributed by atoms with E-state index in [-0.39, 0.29) is 18.3 Å². The van der Waals surface area contributed by atoms with Gasteiger partial charge in [0.25, 0.3) is 0 Å². The predicted molar refractivity (Wildman–Crippen MR) is 216 cm³/mol. The van der Waals surface area contributed by atoms with Crippen molar-refractivity contribution in [2.45, 2.75) is 46.3 Å². The molecule has 53 heavy (non-hydrogen) atoms. The first-order chi connectivity index (χ1) is 25.3. The fourth-order valence-corrected chi connectivity index (χ4v) is 6.19. The van der Waals surface area contributed by atoms with Crippen LogP contribution in [-0.2, 0) is 24.4 Å². The second-order valence-electron chi connectivity index (χ2n) is 13.4. The molecule has 0 N–H and O–H groups in total. The molecule has 5 aromatic rings. The summed E-state index contributed by atoms with van der Waals surface area (Å²) in [5.74, 6) is 3.26. The summed E-state index contributed by atoms with van der Waals surface area (Å²) < 4.78 is 17.8. The highest BCUT2D eigenvalue weighted by atomic mass is 35.5. The summed E-state index contributed by atoms with van der Waals surface area (Å²) in [6.07, 6.45) is 6.03. The van der Waals surface area contributed by atoms with Gasteiger partial charge in [0.2, 0.25) is 11.8 Å². The summed E-state index contributed by atoms with van der Waals surface area (Å²) >= 11 is 6.22. The molecule has 0 bridgehead atoms. The van der Waals surface area contributed by atoms with Crippen LogP contribution in [0.4, 0.5) is 0 Å². The van der Waals surface area contributed by atoms with Gasteiger partial charge in [0.05, 0.1) is 12.8 Å². The number of pyridine rings is 1. The van der Waals surface area contributed by atoms with Gasteiger partial charge in [-0.3, -0.25) is 9.69 Å². The van der Waals surface area contributed by atoms with Crippen molar-refractivity contribution in [1.82, 2.24) is 14.8 Å². The van der Waals surface area contributed by atoms with Gasteiger partial charge in [-0.25, -0.2) is 4.98 Å². The molecular formula is C44H47Cl2N3O4. The molecule has 0 saturated carbocycles. The Bertz CT molecular complexity index is 1940. The van der Waals surface area contributed by atoms with Gasteiger partial charge in [0.1, 0.15) is 23.9 Å². The molecule has 6 rings (SSSR count). The molecule has 1 amide bonds. The first kappa shape index (κ1) is 39.4. The minimum atomic E-state index is 0. The van der Waals surface area contributed by atoms with E-state index in [1.165, 1.54) is 16.7 Å². The number of benzene rings is 4. The molecule has 9 heteroatoms. The van der Waals surface area contributed by atoms with E-state index in [4.69, 9.17) is 25.8 Å². The minimum Gasteiger partial charge on any atom is -0.493 e. The zero-order valence-electron chi connectivity index (χ0n) is 30.5. The van der Waals surface area contributed by atoms with Gasteiger partial charge in [-0.1, -0.05) is 86.1 Å². The molecule has 1 saturated heterocycles. The molecule has 1 fully saturated rings. The third-order valence-corrected chi connectivity index (χ3v) is 9.58. The van der Waals surface area contributed by atoms with E-state index in [1.807, 2.05) is 66.4 Å². The molecule has 0 aliphatic carbocycles. The molecule has 0 atom stereocenters. The standard InChI is InChI=1S/C44H46ClN3O4.ClH/c1-32(2)37-14-16-39(17-15-37)50-27-22-34-8-10-36(11-9-34)30-47-23-25-48(26-24-47)44(49)21-13-35-12-19-42(33(3)28-35)52-43-20-18-40(29-46-43)51-31-38-6-4-5-7-41(38)45;/h4-21,28-29,32H,22-27,30-31H2,1-3H3;1H. The van der Waals surface area contributed by atoms with Crippen molar-refractivity contribution in [1.29, 1.82) is 0 Å². The van der Waals surface area contributed by atoms with Crippen molar-refractivity contribution in [2.75, 3.05) is 32.8 Å². The number of halogens is 2. The number of hydrogen-bond acceptors (Lipinski definition) is 6. The topological polar surface area (TPSA) is 64.1 Å². The zero-order chi connectivity index (χ0) is 36.3. The van der Waals surface area contributed by atoms with Gasteiger partial charge in [-0.15, -0.1) is 12.4 Å². The van der Waals surface area contributed by atoms with Gasteiger partial charge < -0.3 is 19.1 Å². The van der Waals surface area contributed by atoms with Crippen LogP contribution in [0.15, 0.2) is 115 Å². The Hall–Kier alpha value is -4.82. The monoisotopic (exact) mass is 751 g/mol. The molecule has 0 radical (unpaired) electrons. The number of piperazine rings is 1. The van der Waals surface area contributed by atoms with E-state index in [0.717, 1.165) is 48.5 Å². The van der Waals surface area contributed by atoms with Crippen molar-refractivity contribution in [2.24, 2.45) is 0 Å². The lowest BCUT2D eigenvalue weighted by Crippen LogP contribution is -2.47. The van der Waals surface area contributed by atoms with Crippen molar-refractivity contribution in [3.8, 4) is 23.1 Å². The highest BCUT2D eigenvalue weighted by Crippen LogP contribution is 2.27. The van der Waals surface area contributed by atoms with E-state index < -0.39 is 0 Å². The molecule has 4 aromatic carbocycles. The lowest BCUT2D eigenvalue weighted by Gasteiger charge is -2.34. The quantitative estimate of drug-likeness (QED) is 0.105. The first-order valence-electron chi connectivity index (χ1n) is 17.9. The Morgan fingerprint density at radius 3 is 2.25 bits per heavy atom. The molecular weight excluding hydrogens is 705 g/mol. The molecule has 7 nitrogen and oxygen atoms in total. The van der Waals surface area contributed by atoms with Crippen LogP contribution >= 0.6 is 24.0 Å². The molecule has 2 heterocycles. The summed E-state index contributed by atoms with van der Waals surface area (Å²) in [6, 6.07) is 34.2. The Morgan fingerprint density at radius 2 is 1.57 bits per heavy atom. The van der Waals surface area contributed by atoms with Crippen molar-refractivity contribution in [3.63, 3.8) is 0 Å². The lowest BCUT2D eigenvalue weighted by atomic mass is 10.0. The van der Waals surface area contributed by atoms with Crippen LogP contribution in [0.3, 0.4) is 0 Å². The number of rotatable bonds is 14. The number of hydrogen-bond donors (Lipinski definition) is 0. The summed E-state index contributed by atoms with van der Waals surface area (Å²) in [4.78, 5) is 21.7. The smallest absolute Gasteiger partial charge is 0.246 e. The van der Waals surface area contributed by atoms with Gasteiger partial charge in [-0.2, -0.15) is 0 Å². The highest BCUT2D eigenvalue weighted by Gasteiger charge is 2.19. The molecule has 1 aliphatic heterocycles. The van der Waals surface area contributed by atoms with Gasteiger partial charge in [0, 0.05) is 61.9 Å². The summed E-state index contributed by atoms with van der Waals surface area (Å²) in [5.41, 5.74) is 6.66. The number of carbonyl (C=O) groups is 1. The van der Waals surface area contributed by atoms with Crippen LogP contribution in [0.2, 0.25) is 5.02 Å². The number of aromatic nitrogens is 1. The number of nitrogens with zero attached hydrogens (tertiary/aromatic N) is 3. The molecule has 276 valence electrons. The van der Waals surface area contributed by atoms with Crippen LogP contribution in [-0.4, -0.2) is 53.5 Å². The van der Waals surface area contributed by atoms with E-state index in [9.17, 15) is 4.79 Å². The Balaban J connectivity index is 0.00000541. The fraction of sp³-hybridized carbons (Fsp3) is 0.273. The van der Waals surface area contributed by atoms with Crippen LogP contribution in [0, 0.1) is 6.92 Å². The second-order valence-corrected chi connectivity index (χ2v) is 13.8. The largest absolute Gasteiger partial charge is 0.493 e. The van der Waals surface area contributed by atoms with Gasteiger partial charge >= 0.3 is 0 Å². The Morgan fingerprint density at radius 1 is 0.849 bits per heavy atom. The van der Waals surface area contributed by atoms with Gasteiger partial charge in [-0.05, 0) is 83.1 Å². The fourth-order valence-electron chi connectivity index (χ4n) is 6.00. The Kier molecular flexibility index (Phi) is 14.4. The second kappa shape index (κ2) is 19.3. The van der Waals surface area contributed by atoms with E-state index >= 15 is 0 Å². The average molecular weight is 753 g/mol. The van der Waals surface area contributed by atoms with Crippen LogP contribution in [0.1, 0.15) is 53.1 Å². The molecule has 1 aromatic heterocycles. The maximum atomic E-state index is 13.0. The predicted octanol–water partition coefficient (Wildman–Crippen LogP) is 9.94. The summed E-state index contributed by atoms with van der Waals surface area (Å²) in [6.45, 7) is 11.4. The molecule has 1 aliphatic rings. The van der Waals surface area contributed by atoms with E-state index in [0.29, 0.717) is 54.6 Å². The van der Waals surface area contributed by atoms with Crippen LogP contribution in [0.5, 0.6) is 23.1 Å². The zero-order valence-corrected chi connectivity index (χ0v) is 32.1. The lowest BCUT2D eigenvalue weighted by molar-refractivity contribution is -0.127. The average Bonchev–Trinajstić information content (AvgIpc) is 3.16. The number of aryl methyl sites for hydroxylation is 1. The van der Waals surface area contributed by atoms with Crippen molar-refractivity contribution >= 4 is 36.0 Å². The summed E-state index contributed by atoms with van der Waals surface area (Å²) in [5, 5.41) is 0.669. The van der Waals surface area contributed by atoms with Crippen molar-refractivity contribution < 1.29 is 19.0 Å². The first-order valence-corrected chi connectivity index (χ1v) is 18.3. The molecule has 0 unspecified atom stereocenters. The normalized spacial score (nSPS) is 13.2. The SMILES string of the molecule is Cc1cc(C=CC(=O)N2CCN(Cc3ccc(CCOc4ccc(C(C)C)cc4)cc3)CC2)ccc1Oc1ccc(OCc2ccccc2Cl)cn1.Cl. The third kappa shape index (κ3) is 11.6. The third-order valence-electron chi connectivity index (χ3n) is 9.21. The highest BCUT2D eigenvalue weighted by molar-refractivity contribution is 6.31. The van der Waals surface area contributed by atoms with E-state index in [2.05, 4.69) is 72.3 Å². The summed E-state index contributed by atoms with van der Waals surface area (Å²) in [7, 11) is 0. The Labute approximate surface area is 324 Å².